The van der Waals surface area contributed by atoms with Gasteiger partial charge in [0.05, 0.1) is 15.7 Å². The molecule has 19 heavy (non-hydrogen) atoms. The largest absolute Gasteiger partial charge is 0.242 e. The molecule has 0 saturated heterocycles. The smallest absolute Gasteiger partial charge is 0.0975 e. The molecule has 2 atom stereocenters. The lowest BCUT2D eigenvalue weighted by atomic mass is 10.0. The van der Waals surface area contributed by atoms with Crippen LogP contribution in [0, 0.1) is 0 Å². The zero-order valence-electron chi connectivity index (χ0n) is 12.2. The van der Waals surface area contributed by atoms with Crippen molar-refractivity contribution in [2.75, 3.05) is 0 Å². The Kier molecular flexibility index (Phi) is 6.71. The Morgan fingerprint density at radius 3 is 2.32 bits per heavy atom. The number of nitrogens with one attached hydrogen (secondary N) is 1. The third kappa shape index (κ3) is 5.76. The summed E-state index contributed by atoms with van der Waals surface area (Å²) in [7, 11) is -1.04. The summed E-state index contributed by atoms with van der Waals surface area (Å²) in [4.78, 5) is 0. The van der Waals surface area contributed by atoms with Crippen LogP contribution < -0.4 is 4.72 Å². The maximum Gasteiger partial charge on any atom is 0.0975 e. The fourth-order valence-electron chi connectivity index (χ4n) is 1.70. The van der Waals surface area contributed by atoms with Gasteiger partial charge in [0.25, 0.3) is 0 Å². The van der Waals surface area contributed by atoms with Gasteiger partial charge in [-0.3, -0.25) is 0 Å². The van der Waals surface area contributed by atoms with Crippen molar-refractivity contribution < 1.29 is 4.21 Å². The number of hydrogen-bond acceptors (Lipinski definition) is 1. The summed E-state index contributed by atoms with van der Waals surface area (Å²) in [5.74, 6) is 0. The van der Waals surface area contributed by atoms with Crippen LogP contribution in [0.5, 0.6) is 0 Å². The maximum absolute atomic E-state index is 12.3. The normalized spacial score (nSPS) is 15.2. The fourth-order valence-corrected chi connectivity index (χ4v) is 2.83. The molecule has 0 amide bonds. The van der Waals surface area contributed by atoms with Gasteiger partial charge in [-0.05, 0) is 44.9 Å². The third-order valence-corrected chi connectivity index (χ3v) is 5.06. The van der Waals surface area contributed by atoms with Gasteiger partial charge < -0.3 is 0 Å². The molecule has 1 unspecified atom stereocenters. The highest BCUT2D eigenvalue weighted by molar-refractivity contribution is 9.10. The van der Waals surface area contributed by atoms with Gasteiger partial charge >= 0.3 is 0 Å². The van der Waals surface area contributed by atoms with E-state index in [0.29, 0.717) is 0 Å². The molecule has 1 aromatic rings. The molecule has 0 aromatic heterocycles. The molecule has 1 rings (SSSR count). The Balaban J connectivity index is 2.83. The van der Waals surface area contributed by atoms with Crippen LogP contribution in [0.25, 0.3) is 0 Å². The molecular formula is C15H24BrNOS. The Labute approximate surface area is 128 Å². The lowest BCUT2D eigenvalue weighted by molar-refractivity contribution is 0.548. The van der Waals surface area contributed by atoms with E-state index in [2.05, 4.69) is 39.7 Å². The fraction of sp³-hybridized carbons (Fsp3) is 0.600. The summed E-state index contributed by atoms with van der Waals surface area (Å²) in [5, 5.41) is 0. The van der Waals surface area contributed by atoms with Gasteiger partial charge in [-0.15, -0.1) is 0 Å². The van der Waals surface area contributed by atoms with E-state index in [1.807, 2.05) is 32.9 Å². The predicted octanol–water partition coefficient (Wildman–Crippen LogP) is 4.73. The van der Waals surface area contributed by atoms with Crippen molar-refractivity contribution in [3.05, 3.63) is 34.3 Å². The highest BCUT2D eigenvalue weighted by atomic mass is 79.9. The molecule has 0 aliphatic rings. The minimum Gasteiger partial charge on any atom is -0.242 e. The molecule has 0 saturated carbocycles. The van der Waals surface area contributed by atoms with E-state index in [0.717, 1.165) is 23.7 Å². The molecule has 108 valence electrons. The summed E-state index contributed by atoms with van der Waals surface area (Å²) in [6.45, 7) is 8.16. The Morgan fingerprint density at radius 2 is 1.84 bits per heavy atom. The second-order valence-corrected chi connectivity index (χ2v) is 8.66. The number of halogens is 1. The molecule has 1 aromatic carbocycles. The van der Waals surface area contributed by atoms with Gasteiger partial charge in [0.15, 0.2) is 0 Å². The van der Waals surface area contributed by atoms with E-state index in [1.165, 1.54) is 5.56 Å². The summed E-state index contributed by atoms with van der Waals surface area (Å²) in [6, 6.07) is 8.42. The van der Waals surface area contributed by atoms with Crippen molar-refractivity contribution in [2.45, 2.75) is 57.7 Å². The van der Waals surface area contributed by atoms with Crippen LogP contribution in [0.4, 0.5) is 0 Å². The van der Waals surface area contributed by atoms with E-state index in [4.69, 9.17) is 0 Å². The molecule has 0 aliphatic heterocycles. The van der Waals surface area contributed by atoms with Crippen molar-refractivity contribution >= 4 is 26.9 Å². The summed E-state index contributed by atoms with van der Waals surface area (Å²) >= 11 is 3.45. The van der Waals surface area contributed by atoms with Gasteiger partial charge in [-0.2, -0.15) is 0 Å². The quantitative estimate of drug-likeness (QED) is 0.792. The molecule has 0 radical (unpaired) electrons. The summed E-state index contributed by atoms with van der Waals surface area (Å²) in [5.41, 5.74) is 1.20. The minimum absolute atomic E-state index is 0.160. The minimum atomic E-state index is -1.04. The molecule has 0 fully saturated rings. The number of unbranched alkanes of at least 4 members (excludes halogenated alkanes) is 1. The monoisotopic (exact) mass is 345 g/mol. The van der Waals surface area contributed by atoms with Crippen molar-refractivity contribution in [3.8, 4) is 0 Å². The SMILES string of the molecule is CCCC[C@H](NS(=O)C(C)(C)C)c1ccc(Br)cc1. The zero-order valence-corrected chi connectivity index (χ0v) is 14.6. The first-order chi connectivity index (χ1) is 8.84. The van der Waals surface area contributed by atoms with E-state index in [-0.39, 0.29) is 10.8 Å². The van der Waals surface area contributed by atoms with E-state index in [9.17, 15) is 4.21 Å². The van der Waals surface area contributed by atoms with Crippen molar-refractivity contribution in [1.29, 1.82) is 0 Å². The topological polar surface area (TPSA) is 29.1 Å². The molecule has 2 nitrogen and oxygen atoms in total. The van der Waals surface area contributed by atoms with Crippen LogP contribution in [0.3, 0.4) is 0 Å². The number of rotatable bonds is 6. The first-order valence-corrected chi connectivity index (χ1v) is 8.72. The Hall–Kier alpha value is -0.190. The number of benzene rings is 1. The summed E-state index contributed by atoms with van der Waals surface area (Å²) < 4.78 is 16.4. The Bertz CT molecular complexity index is 411. The first-order valence-electron chi connectivity index (χ1n) is 6.78. The molecule has 0 spiro atoms. The second kappa shape index (κ2) is 7.55. The van der Waals surface area contributed by atoms with Crippen LogP contribution >= 0.6 is 15.9 Å². The first kappa shape index (κ1) is 16.9. The molecule has 0 heterocycles. The van der Waals surface area contributed by atoms with Crippen LogP contribution in [0.15, 0.2) is 28.7 Å². The van der Waals surface area contributed by atoms with Gasteiger partial charge in [0.1, 0.15) is 0 Å². The van der Waals surface area contributed by atoms with Gasteiger partial charge in [0.2, 0.25) is 0 Å². The van der Waals surface area contributed by atoms with Crippen molar-refractivity contribution in [3.63, 3.8) is 0 Å². The average Bonchev–Trinajstić information content (AvgIpc) is 2.34. The van der Waals surface area contributed by atoms with Crippen LogP contribution in [-0.4, -0.2) is 8.96 Å². The van der Waals surface area contributed by atoms with Crippen molar-refractivity contribution in [1.82, 2.24) is 4.72 Å². The van der Waals surface area contributed by atoms with E-state index >= 15 is 0 Å². The van der Waals surface area contributed by atoms with Crippen molar-refractivity contribution in [2.24, 2.45) is 0 Å². The van der Waals surface area contributed by atoms with Gasteiger partial charge in [-0.1, -0.05) is 47.8 Å². The lowest BCUT2D eigenvalue weighted by Crippen LogP contribution is -2.35. The Morgan fingerprint density at radius 1 is 1.26 bits per heavy atom. The average molecular weight is 346 g/mol. The molecule has 1 N–H and O–H groups in total. The van der Waals surface area contributed by atoms with Crippen LogP contribution in [0.2, 0.25) is 0 Å². The highest BCUT2D eigenvalue weighted by Gasteiger charge is 2.23. The number of hydrogen-bond donors (Lipinski definition) is 1. The third-order valence-electron chi connectivity index (χ3n) is 2.92. The highest BCUT2D eigenvalue weighted by Crippen LogP contribution is 2.23. The molecule has 0 aliphatic carbocycles. The van der Waals surface area contributed by atoms with E-state index < -0.39 is 11.0 Å². The van der Waals surface area contributed by atoms with Gasteiger partial charge in [-0.25, -0.2) is 8.93 Å². The standard InChI is InChI=1S/C15H24BrNOS/c1-5-6-7-14(17-19(18)15(2,3)4)12-8-10-13(16)11-9-12/h8-11,14,17H,5-7H2,1-4H3/t14-,19?/m0/s1. The predicted molar refractivity (Wildman–Crippen MR) is 87.4 cm³/mol. The molecule has 4 heteroatoms. The van der Waals surface area contributed by atoms with Crippen LogP contribution in [0.1, 0.15) is 58.6 Å². The zero-order chi connectivity index (χ0) is 14.5. The van der Waals surface area contributed by atoms with Crippen LogP contribution in [-0.2, 0) is 11.0 Å². The van der Waals surface area contributed by atoms with Gasteiger partial charge in [0, 0.05) is 10.5 Å². The van der Waals surface area contributed by atoms with E-state index in [1.54, 1.807) is 0 Å². The maximum atomic E-state index is 12.3. The molecule has 0 bridgehead atoms. The summed E-state index contributed by atoms with van der Waals surface area (Å²) in [6.07, 6.45) is 3.30. The second-order valence-electron chi connectivity index (χ2n) is 5.75. The lowest BCUT2D eigenvalue weighted by Gasteiger charge is -2.24. The molecular weight excluding hydrogens is 322 g/mol.